The summed E-state index contributed by atoms with van der Waals surface area (Å²) in [5, 5.41) is 8.52. The molecule has 0 bridgehead atoms. The van der Waals surface area contributed by atoms with Gasteiger partial charge in [0, 0.05) is 11.3 Å². The minimum atomic E-state index is -0.743. The summed E-state index contributed by atoms with van der Waals surface area (Å²) in [5.74, 6) is 1.62. The minimum absolute atomic E-state index is 0.220. The summed E-state index contributed by atoms with van der Waals surface area (Å²) < 4.78 is 10.9. The Hall–Kier alpha value is -1.36. The average molecular weight is 254 g/mol. The van der Waals surface area contributed by atoms with Gasteiger partial charge in [0.1, 0.15) is 13.2 Å². The number of carbonyl (C=O) groups is 1. The van der Waals surface area contributed by atoms with E-state index in [0.717, 1.165) is 22.1 Å². The highest BCUT2D eigenvalue weighted by Gasteiger charge is 2.11. The molecule has 0 saturated heterocycles. The van der Waals surface area contributed by atoms with Gasteiger partial charge < -0.3 is 14.6 Å². The van der Waals surface area contributed by atoms with Crippen LogP contribution in [0, 0.1) is 0 Å². The van der Waals surface area contributed by atoms with Gasteiger partial charge in [-0.3, -0.25) is 4.79 Å². The van der Waals surface area contributed by atoms with Crippen LogP contribution in [0.2, 0.25) is 0 Å². The van der Waals surface area contributed by atoms with Crippen molar-refractivity contribution in [2.45, 2.75) is 17.7 Å². The van der Waals surface area contributed by atoms with Crippen molar-refractivity contribution in [2.24, 2.45) is 0 Å². The molecule has 17 heavy (non-hydrogen) atoms. The lowest BCUT2D eigenvalue weighted by Gasteiger charge is -2.18. The molecule has 0 aromatic heterocycles. The molecule has 0 saturated carbocycles. The van der Waals surface area contributed by atoms with Crippen molar-refractivity contribution < 1.29 is 19.4 Å². The molecule has 0 spiro atoms. The molecule has 4 nitrogen and oxygen atoms in total. The van der Waals surface area contributed by atoms with Crippen molar-refractivity contribution in [2.75, 3.05) is 19.0 Å². The zero-order chi connectivity index (χ0) is 12.1. The van der Waals surface area contributed by atoms with Crippen molar-refractivity contribution in [3.05, 3.63) is 18.2 Å². The van der Waals surface area contributed by atoms with Crippen LogP contribution in [0.5, 0.6) is 11.5 Å². The van der Waals surface area contributed by atoms with Gasteiger partial charge in [-0.2, -0.15) is 0 Å². The van der Waals surface area contributed by atoms with Gasteiger partial charge in [-0.15, -0.1) is 11.8 Å². The highest BCUT2D eigenvalue weighted by Crippen LogP contribution is 2.34. The number of hydrogen-bond acceptors (Lipinski definition) is 4. The number of rotatable bonds is 5. The van der Waals surface area contributed by atoms with Gasteiger partial charge in [0.15, 0.2) is 11.5 Å². The van der Waals surface area contributed by atoms with E-state index in [-0.39, 0.29) is 6.42 Å². The van der Waals surface area contributed by atoms with Crippen molar-refractivity contribution in [1.29, 1.82) is 0 Å². The van der Waals surface area contributed by atoms with Crippen LogP contribution in [-0.2, 0) is 4.79 Å². The molecule has 0 atom stereocenters. The molecule has 1 aliphatic heterocycles. The van der Waals surface area contributed by atoms with Gasteiger partial charge in [-0.25, -0.2) is 0 Å². The normalized spacial score (nSPS) is 13.4. The molecule has 0 radical (unpaired) electrons. The molecule has 1 N–H and O–H groups in total. The standard InChI is InChI=1S/C12H14O4S/c13-12(14)2-1-7-17-9-3-4-10-11(8-9)16-6-5-15-10/h3-4,8H,1-2,5-7H2,(H,13,14). The van der Waals surface area contributed by atoms with Crippen LogP contribution >= 0.6 is 11.8 Å². The molecule has 1 heterocycles. The quantitative estimate of drug-likeness (QED) is 0.646. The molecule has 92 valence electrons. The number of carboxylic acid groups (broad SMARTS) is 1. The third kappa shape index (κ3) is 3.56. The average Bonchev–Trinajstić information content (AvgIpc) is 2.34. The summed E-state index contributed by atoms with van der Waals surface area (Å²) in [6.07, 6.45) is 0.895. The van der Waals surface area contributed by atoms with E-state index in [2.05, 4.69) is 0 Å². The lowest BCUT2D eigenvalue weighted by molar-refractivity contribution is -0.137. The largest absolute Gasteiger partial charge is 0.486 e. The monoisotopic (exact) mass is 254 g/mol. The lowest BCUT2D eigenvalue weighted by Crippen LogP contribution is -2.15. The van der Waals surface area contributed by atoms with Crippen LogP contribution in [0.25, 0.3) is 0 Å². The lowest BCUT2D eigenvalue weighted by atomic mass is 10.3. The number of thioether (sulfide) groups is 1. The molecule has 5 heteroatoms. The maximum Gasteiger partial charge on any atom is 0.303 e. The summed E-state index contributed by atoms with van der Waals surface area (Å²) in [5.41, 5.74) is 0. The zero-order valence-electron chi connectivity index (χ0n) is 9.35. The predicted molar refractivity (Wildman–Crippen MR) is 65.0 cm³/mol. The van der Waals surface area contributed by atoms with Gasteiger partial charge in [0.25, 0.3) is 0 Å². The fourth-order valence-corrected chi connectivity index (χ4v) is 2.41. The van der Waals surface area contributed by atoms with E-state index in [0.29, 0.717) is 19.6 Å². The fraction of sp³-hybridized carbons (Fsp3) is 0.417. The highest BCUT2D eigenvalue weighted by molar-refractivity contribution is 7.99. The number of fused-ring (bicyclic) bond motifs is 1. The van der Waals surface area contributed by atoms with E-state index in [1.54, 1.807) is 11.8 Å². The van der Waals surface area contributed by atoms with Gasteiger partial charge in [-0.05, 0) is 30.4 Å². The van der Waals surface area contributed by atoms with Gasteiger partial charge in [0.05, 0.1) is 0 Å². The molecular formula is C12H14O4S. The molecule has 2 rings (SSSR count). The second-order valence-electron chi connectivity index (χ2n) is 3.65. The molecule has 0 aliphatic carbocycles. The van der Waals surface area contributed by atoms with Crippen LogP contribution in [0.15, 0.2) is 23.1 Å². The first kappa shape index (κ1) is 12.1. The molecule has 0 amide bonds. The minimum Gasteiger partial charge on any atom is -0.486 e. The Bertz CT molecular complexity index is 405. The summed E-state index contributed by atoms with van der Waals surface area (Å²) >= 11 is 1.64. The molecule has 1 aromatic rings. The third-order valence-electron chi connectivity index (χ3n) is 2.32. The Morgan fingerprint density at radius 2 is 2.06 bits per heavy atom. The molecular weight excluding hydrogens is 240 g/mol. The fourth-order valence-electron chi connectivity index (χ4n) is 1.53. The van der Waals surface area contributed by atoms with Gasteiger partial charge >= 0.3 is 5.97 Å². The van der Waals surface area contributed by atoms with Crippen LogP contribution in [0.4, 0.5) is 0 Å². The van der Waals surface area contributed by atoms with Crippen molar-refractivity contribution >= 4 is 17.7 Å². The van der Waals surface area contributed by atoms with Crippen molar-refractivity contribution in [3.8, 4) is 11.5 Å². The van der Waals surface area contributed by atoms with Crippen LogP contribution < -0.4 is 9.47 Å². The van der Waals surface area contributed by atoms with E-state index in [9.17, 15) is 4.79 Å². The first-order valence-electron chi connectivity index (χ1n) is 5.50. The predicted octanol–water partition coefficient (Wildman–Crippen LogP) is 2.41. The zero-order valence-corrected chi connectivity index (χ0v) is 10.2. The smallest absolute Gasteiger partial charge is 0.303 e. The van der Waals surface area contributed by atoms with Crippen LogP contribution in [0.1, 0.15) is 12.8 Å². The Balaban J connectivity index is 1.86. The van der Waals surface area contributed by atoms with E-state index in [4.69, 9.17) is 14.6 Å². The Kier molecular flexibility index (Phi) is 4.14. The van der Waals surface area contributed by atoms with Crippen molar-refractivity contribution in [1.82, 2.24) is 0 Å². The Morgan fingerprint density at radius 1 is 1.29 bits per heavy atom. The first-order chi connectivity index (χ1) is 8.25. The van der Waals surface area contributed by atoms with E-state index >= 15 is 0 Å². The Morgan fingerprint density at radius 3 is 2.82 bits per heavy atom. The first-order valence-corrected chi connectivity index (χ1v) is 6.48. The van der Waals surface area contributed by atoms with Crippen molar-refractivity contribution in [3.63, 3.8) is 0 Å². The second-order valence-corrected chi connectivity index (χ2v) is 4.82. The number of carboxylic acids is 1. The third-order valence-corrected chi connectivity index (χ3v) is 3.40. The maximum absolute atomic E-state index is 10.4. The second kappa shape index (κ2) is 5.82. The van der Waals surface area contributed by atoms with Gasteiger partial charge in [0.2, 0.25) is 0 Å². The number of ether oxygens (including phenoxy) is 2. The topological polar surface area (TPSA) is 55.8 Å². The molecule has 0 fully saturated rings. The van der Waals surface area contributed by atoms with E-state index in [1.165, 1.54) is 0 Å². The SMILES string of the molecule is O=C(O)CCCSc1ccc2c(c1)OCCO2. The Labute approximate surface area is 104 Å². The number of hydrogen-bond donors (Lipinski definition) is 1. The number of aliphatic carboxylic acids is 1. The summed E-state index contributed by atoms with van der Waals surface area (Å²) in [4.78, 5) is 11.4. The summed E-state index contributed by atoms with van der Waals surface area (Å²) in [6, 6.07) is 5.81. The summed E-state index contributed by atoms with van der Waals surface area (Å²) in [6.45, 7) is 1.18. The van der Waals surface area contributed by atoms with Crippen LogP contribution in [0.3, 0.4) is 0 Å². The van der Waals surface area contributed by atoms with Gasteiger partial charge in [-0.1, -0.05) is 0 Å². The van der Waals surface area contributed by atoms with Crippen LogP contribution in [-0.4, -0.2) is 30.0 Å². The van der Waals surface area contributed by atoms with E-state index < -0.39 is 5.97 Å². The van der Waals surface area contributed by atoms with E-state index in [1.807, 2.05) is 18.2 Å². The maximum atomic E-state index is 10.4. The number of benzene rings is 1. The highest BCUT2D eigenvalue weighted by atomic mass is 32.2. The molecule has 1 aliphatic rings. The molecule has 1 aromatic carbocycles. The summed E-state index contributed by atoms with van der Waals surface area (Å²) in [7, 11) is 0. The molecule has 0 unspecified atom stereocenters.